The van der Waals surface area contributed by atoms with E-state index in [2.05, 4.69) is 35.5 Å². The third-order valence-corrected chi connectivity index (χ3v) is 3.74. The zero-order chi connectivity index (χ0) is 16.5. The van der Waals surface area contributed by atoms with E-state index < -0.39 is 0 Å². The monoisotopic (exact) mass is 322 g/mol. The molecular formula is C15H14N8O. The number of pyridine rings is 1. The van der Waals surface area contributed by atoms with E-state index >= 15 is 0 Å². The number of rotatable bonds is 3. The van der Waals surface area contributed by atoms with Gasteiger partial charge in [0, 0.05) is 18.3 Å². The molecule has 0 saturated heterocycles. The quantitative estimate of drug-likeness (QED) is 0.742. The molecule has 0 saturated carbocycles. The fourth-order valence-corrected chi connectivity index (χ4v) is 2.52. The van der Waals surface area contributed by atoms with Crippen molar-refractivity contribution in [1.29, 1.82) is 0 Å². The predicted octanol–water partition coefficient (Wildman–Crippen LogP) is 1.10. The largest absolute Gasteiger partial charge is 0.344 e. The standard InChI is InChI=1S/C15H14N8O/c1-2-23-7-12(24)21-14-15(23)20-11(6-17-14)9-3-4-10(16-5-9)13-18-8-19-22-13/h3-6,8H,2,7H2,1H3,(H,17,21,24)(H,18,19,22). The Hall–Kier alpha value is -3.36. The van der Waals surface area contributed by atoms with Crippen LogP contribution in [-0.4, -0.2) is 49.1 Å². The lowest BCUT2D eigenvalue weighted by Crippen LogP contribution is -2.39. The summed E-state index contributed by atoms with van der Waals surface area (Å²) in [6, 6.07) is 3.75. The van der Waals surface area contributed by atoms with Gasteiger partial charge in [-0.3, -0.25) is 14.9 Å². The molecule has 0 atom stereocenters. The van der Waals surface area contributed by atoms with Crippen LogP contribution in [0.3, 0.4) is 0 Å². The second-order valence-electron chi connectivity index (χ2n) is 5.26. The van der Waals surface area contributed by atoms with Crippen LogP contribution in [0.4, 0.5) is 11.6 Å². The van der Waals surface area contributed by atoms with Gasteiger partial charge in [0.2, 0.25) is 5.91 Å². The van der Waals surface area contributed by atoms with Crippen molar-refractivity contribution in [3.05, 3.63) is 30.9 Å². The molecule has 3 aromatic heterocycles. The second-order valence-corrected chi connectivity index (χ2v) is 5.26. The maximum atomic E-state index is 11.7. The number of anilines is 2. The normalized spacial score (nSPS) is 13.5. The van der Waals surface area contributed by atoms with Crippen LogP contribution in [0.5, 0.6) is 0 Å². The molecular weight excluding hydrogens is 308 g/mol. The number of likely N-dealkylation sites (N-methyl/N-ethyl adjacent to an activating group) is 1. The average molecular weight is 322 g/mol. The molecule has 1 aliphatic heterocycles. The van der Waals surface area contributed by atoms with E-state index in [1.807, 2.05) is 24.0 Å². The average Bonchev–Trinajstić information content (AvgIpc) is 3.15. The van der Waals surface area contributed by atoms with Crippen LogP contribution in [0.1, 0.15) is 6.92 Å². The van der Waals surface area contributed by atoms with Gasteiger partial charge < -0.3 is 10.2 Å². The van der Waals surface area contributed by atoms with Crippen molar-refractivity contribution in [3.8, 4) is 22.8 Å². The van der Waals surface area contributed by atoms with Crippen LogP contribution in [-0.2, 0) is 4.79 Å². The van der Waals surface area contributed by atoms with Crippen LogP contribution in [0.25, 0.3) is 22.8 Å². The summed E-state index contributed by atoms with van der Waals surface area (Å²) in [7, 11) is 0. The van der Waals surface area contributed by atoms with Gasteiger partial charge in [-0.1, -0.05) is 0 Å². The number of hydrogen-bond acceptors (Lipinski definition) is 7. The molecule has 0 aromatic carbocycles. The third-order valence-electron chi connectivity index (χ3n) is 3.74. The molecule has 0 fully saturated rings. The molecule has 4 rings (SSSR count). The van der Waals surface area contributed by atoms with Crippen molar-refractivity contribution in [2.24, 2.45) is 0 Å². The van der Waals surface area contributed by atoms with Crippen LogP contribution in [0.2, 0.25) is 0 Å². The number of nitrogens with one attached hydrogen (secondary N) is 2. The number of fused-ring (bicyclic) bond motifs is 1. The fourth-order valence-electron chi connectivity index (χ4n) is 2.52. The lowest BCUT2D eigenvalue weighted by Gasteiger charge is -2.27. The van der Waals surface area contributed by atoms with Gasteiger partial charge in [-0.2, -0.15) is 5.10 Å². The summed E-state index contributed by atoms with van der Waals surface area (Å²) in [4.78, 5) is 31.0. The maximum absolute atomic E-state index is 11.7. The first-order chi connectivity index (χ1) is 11.7. The SMILES string of the molecule is CCN1CC(=O)Nc2ncc(-c3ccc(-c4ncn[nH]4)nc3)nc21. The van der Waals surface area contributed by atoms with E-state index in [1.165, 1.54) is 6.33 Å². The van der Waals surface area contributed by atoms with Crippen LogP contribution in [0.15, 0.2) is 30.9 Å². The molecule has 0 unspecified atom stereocenters. The Morgan fingerprint density at radius 3 is 2.79 bits per heavy atom. The molecule has 9 nitrogen and oxygen atoms in total. The van der Waals surface area contributed by atoms with E-state index in [1.54, 1.807) is 12.4 Å². The molecule has 2 N–H and O–H groups in total. The minimum absolute atomic E-state index is 0.0792. The number of aromatic amines is 1. The Labute approximate surface area is 137 Å². The highest BCUT2D eigenvalue weighted by Gasteiger charge is 2.24. The molecule has 0 spiro atoms. The second kappa shape index (κ2) is 5.69. The number of H-pyrrole nitrogens is 1. The van der Waals surface area contributed by atoms with Crippen molar-refractivity contribution in [3.63, 3.8) is 0 Å². The highest BCUT2D eigenvalue weighted by molar-refractivity contribution is 5.99. The van der Waals surface area contributed by atoms with Crippen LogP contribution >= 0.6 is 0 Å². The van der Waals surface area contributed by atoms with E-state index in [4.69, 9.17) is 0 Å². The first kappa shape index (κ1) is 14.2. The Morgan fingerprint density at radius 2 is 2.08 bits per heavy atom. The van der Waals surface area contributed by atoms with Gasteiger partial charge in [-0.05, 0) is 19.1 Å². The van der Waals surface area contributed by atoms with Gasteiger partial charge in [0.15, 0.2) is 17.5 Å². The summed E-state index contributed by atoms with van der Waals surface area (Å²) in [6.07, 6.45) is 4.78. The smallest absolute Gasteiger partial charge is 0.245 e. The van der Waals surface area contributed by atoms with E-state index in [9.17, 15) is 4.79 Å². The van der Waals surface area contributed by atoms with E-state index in [-0.39, 0.29) is 12.5 Å². The number of hydrogen-bond donors (Lipinski definition) is 2. The predicted molar refractivity (Wildman–Crippen MR) is 87.2 cm³/mol. The highest BCUT2D eigenvalue weighted by Crippen LogP contribution is 2.28. The molecule has 0 bridgehead atoms. The van der Waals surface area contributed by atoms with Crippen molar-refractivity contribution in [1.82, 2.24) is 30.1 Å². The van der Waals surface area contributed by atoms with Crippen LogP contribution < -0.4 is 10.2 Å². The minimum atomic E-state index is -0.0792. The molecule has 0 radical (unpaired) electrons. The molecule has 3 aromatic rings. The van der Waals surface area contributed by atoms with Gasteiger partial charge in [0.1, 0.15) is 12.0 Å². The number of amides is 1. The molecule has 4 heterocycles. The van der Waals surface area contributed by atoms with E-state index in [0.717, 1.165) is 5.56 Å². The first-order valence-electron chi connectivity index (χ1n) is 7.48. The lowest BCUT2D eigenvalue weighted by molar-refractivity contribution is -0.115. The number of nitrogens with zero attached hydrogens (tertiary/aromatic N) is 6. The summed E-state index contributed by atoms with van der Waals surface area (Å²) < 4.78 is 0. The third kappa shape index (κ3) is 2.45. The Morgan fingerprint density at radius 1 is 1.17 bits per heavy atom. The van der Waals surface area contributed by atoms with Gasteiger partial charge in [0.05, 0.1) is 18.4 Å². The maximum Gasteiger partial charge on any atom is 0.245 e. The molecule has 120 valence electrons. The molecule has 0 aliphatic carbocycles. The van der Waals surface area contributed by atoms with E-state index in [0.29, 0.717) is 35.4 Å². The number of carbonyl (C=O) groups is 1. The summed E-state index contributed by atoms with van der Waals surface area (Å²) in [5, 5.41) is 9.33. The zero-order valence-electron chi connectivity index (χ0n) is 12.9. The van der Waals surface area contributed by atoms with Crippen molar-refractivity contribution in [2.45, 2.75) is 6.92 Å². The van der Waals surface area contributed by atoms with Gasteiger partial charge in [-0.15, -0.1) is 0 Å². The van der Waals surface area contributed by atoms with Crippen molar-refractivity contribution < 1.29 is 4.79 Å². The van der Waals surface area contributed by atoms with Gasteiger partial charge in [-0.25, -0.2) is 15.0 Å². The Kier molecular flexibility index (Phi) is 3.38. The van der Waals surface area contributed by atoms with Gasteiger partial charge in [0.25, 0.3) is 0 Å². The topological polar surface area (TPSA) is 113 Å². The molecule has 1 aliphatic rings. The fraction of sp³-hybridized carbons (Fsp3) is 0.200. The van der Waals surface area contributed by atoms with Crippen molar-refractivity contribution in [2.75, 3.05) is 23.3 Å². The minimum Gasteiger partial charge on any atom is -0.344 e. The number of aromatic nitrogens is 6. The summed E-state index contributed by atoms with van der Waals surface area (Å²) in [5.41, 5.74) is 2.23. The highest BCUT2D eigenvalue weighted by atomic mass is 16.2. The Balaban J connectivity index is 1.69. The lowest BCUT2D eigenvalue weighted by atomic mass is 10.2. The van der Waals surface area contributed by atoms with Gasteiger partial charge >= 0.3 is 0 Å². The first-order valence-corrected chi connectivity index (χ1v) is 7.48. The molecule has 9 heteroatoms. The molecule has 1 amide bonds. The van der Waals surface area contributed by atoms with Crippen LogP contribution in [0, 0.1) is 0 Å². The van der Waals surface area contributed by atoms with Crippen molar-refractivity contribution >= 4 is 17.5 Å². The summed E-state index contributed by atoms with van der Waals surface area (Å²) in [5.74, 6) is 1.69. The summed E-state index contributed by atoms with van der Waals surface area (Å²) >= 11 is 0. The summed E-state index contributed by atoms with van der Waals surface area (Å²) in [6.45, 7) is 2.94. The molecule has 24 heavy (non-hydrogen) atoms. The number of carbonyl (C=O) groups excluding carboxylic acids is 1. The Bertz CT molecular complexity index is 875. The zero-order valence-corrected chi connectivity index (χ0v) is 12.9.